The zero-order valence-electron chi connectivity index (χ0n) is 20.0. The molecule has 0 radical (unpaired) electrons. The molecule has 1 nitrogen and oxygen atoms in total. The molecule has 2 saturated carbocycles. The van der Waals surface area contributed by atoms with E-state index < -0.39 is 18.6 Å². The first-order chi connectivity index (χ1) is 16.3. The lowest BCUT2D eigenvalue weighted by molar-refractivity contribution is -0.153. The third kappa shape index (κ3) is 6.55. The number of hydrogen-bond acceptors (Lipinski definition) is 1. The number of alkyl halides is 3. The smallest absolute Gasteiger partial charge is 0.422 e. The van der Waals surface area contributed by atoms with Gasteiger partial charge in [-0.05, 0) is 84.6 Å². The van der Waals surface area contributed by atoms with Crippen molar-refractivity contribution in [2.45, 2.75) is 83.2 Å². The zero-order chi connectivity index (χ0) is 24.1. The number of halogens is 4. The van der Waals surface area contributed by atoms with Crippen molar-refractivity contribution in [1.29, 1.82) is 0 Å². The monoisotopic (exact) mass is 476 g/mol. The molecular weight excluding hydrogens is 440 g/mol. The fourth-order valence-electron chi connectivity index (χ4n) is 6.14. The molecule has 0 aromatic heterocycles. The summed E-state index contributed by atoms with van der Waals surface area (Å²) < 4.78 is 55.8. The number of benzene rings is 2. The van der Waals surface area contributed by atoms with E-state index in [0.717, 1.165) is 23.3 Å². The number of fused-ring (bicyclic) bond motifs is 1. The summed E-state index contributed by atoms with van der Waals surface area (Å²) in [5.41, 5.74) is 2.83. The van der Waals surface area contributed by atoms with Crippen LogP contribution in [0.2, 0.25) is 0 Å². The van der Waals surface area contributed by atoms with Gasteiger partial charge in [-0.25, -0.2) is 4.39 Å². The molecule has 34 heavy (non-hydrogen) atoms. The highest BCUT2D eigenvalue weighted by Crippen LogP contribution is 2.48. The lowest BCUT2D eigenvalue weighted by Crippen LogP contribution is -2.30. The van der Waals surface area contributed by atoms with Crippen LogP contribution in [0.25, 0.3) is 11.1 Å². The van der Waals surface area contributed by atoms with Crippen LogP contribution in [-0.2, 0) is 0 Å². The summed E-state index contributed by atoms with van der Waals surface area (Å²) in [7, 11) is 0. The van der Waals surface area contributed by atoms with Crippen LogP contribution in [0.5, 0.6) is 5.75 Å². The van der Waals surface area contributed by atoms with Gasteiger partial charge in [0.15, 0.2) is 18.2 Å². The van der Waals surface area contributed by atoms with Gasteiger partial charge in [0.1, 0.15) is 0 Å². The van der Waals surface area contributed by atoms with Gasteiger partial charge in [0.05, 0.1) is 0 Å². The molecule has 0 saturated heterocycles. The van der Waals surface area contributed by atoms with Crippen molar-refractivity contribution in [1.82, 2.24) is 0 Å². The fourth-order valence-corrected chi connectivity index (χ4v) is 6.14. The van der Waals surface area contributed by atoms with Crippen LogP contribution in [-0.4, -0.2) is 12.8 Å². The molecule has 186 valence electrons. The highest BCUT2D eigenvalue weighted by Gasteiger charge is 2.35. The summed E-state index contributed by atoms with van der Waals surface area (Å²) in [5.74, 6) is 2.11. The summed E-state index contributed by atoms with van der Waals surface area (Å²) in [5, 5.41) is 0. The van der Waals surface area contributed by atoms with E-state index in [9.17, 15) is 17.6 Å². The Hall–Kier alpha value is -2.04. The predicted octanol–water partition coefficient (Wildman–Crippen LogP) is 9.31. The van der Waals surface area contributed by atoms with Gasteiger partial charge in [-0.3, -0.25) is 0 Å². The van der Waals surface area contributed by atoms with E-state index in [4.69, 9.17) is 0 Å². The van der Waals surface area contributed by atoms with E-state index in [2.05, 4.69) is 23.8 Å². The van der Waals surface area contributed by atoms with Gasteiger partial charge >= 0.3 is 6.18 Å². The number of hydrogen-bond donors (Lipinski definition) is 0. The quantitative estimate of drug-likeness (QED) is 0.272. The molecule has 2 aromatic rings. The Balaban J connectivity index is 1.33. The first kappa shape index (κ1) is 25.1. The Kier molecular flexibility index (Phi) is 8.21. The third-order valence-electron chi connectivity index (χ3n) is 7.98. The van der Waals surface area contributed by atoms with Crippen molar-refractivity contribution in [3.05, 3.63) is 53.8 Å². The van der Waals surface area contributed by atoms with Crippen molar-refractivity contribution >= 4 is 0 Å². The number of ether oxygens (including phenoxy) is 1. The number of unbranched alkanes of at least 4 members (excludes halogenated alkanes) is 2. The van der Waals surface area contributed by atoms with Gasteiger partial charge in [0.2, 0.25) is 0 Å². The van der Waals surface area contributed by atoms with Gasteiger partial charge in [-0.15, -0.1) is 0 Å². The minimum absolute atomic E-state index is 0.380. The first-order valence-electron chi connectivity index (χ1n) is 12.9. The van der Waals surface area contributed by atoms with Crippen LogP contribution in [0.3, 0.4) is 0 Å². The van der Waals surface area contributed by atoms with Gasteiger partial charge in [0.25, 0.3) is 0 Å². The molecule has 0 N–H and O–H groups in total. The topological polar surface area (TPSA) is 9.23 Å². The predicted molar refractivity (Wildman–Crippen MR) is 128 cm³/mol. The van der Waals surface area contributed by atoms with Crippen LogP contribution < -0.4 is 4.74 Å². The molecule has 4 rings (SSSR count). The standard InChI is InChI=1S/C29H36F4O/c1-2-3-4-5-20-6-7-25-17-24(13-12-23(25)16-20)21-8-10-22(11-9-21)26-14-15-28(27(30)18-26)34-19-29(31,32)33/h8-11,14-15,18,20,23-25H,2-7,12-13,16-17,19H2,1H3. The lowest BCUT2D eigenvalue weighted by atomic mass is 9.63. The Bertz CT molecular complexity index is 921. The maximum Gasteiger partial charge on any atom is 0.422 e. The van der Waals surface area contributed by atoms with Gasteiger partial charge in [-0.2, -0.15) is 13.2 Å². The molecule has 4 unspecified atom stereocenters. The Morgan fingerprint density at radius 2 is 1.56 bits per heavy atom. The molecule has 0 aliphatic heterocycles. The maximum absolute atomic E-state index is 14.3. The largest absolute Gasteiger partial charge is 0.481 e. The molecule has 2 aliphatic rings. The maximum atomic E-state index is 14.3. The van der Waals surface area contributed by atoms with E-state index in [0.29, 0.717) is 11.5 Å². The molecule has 2 aliphatic carbocycles. The van der Waals surface area contributed by atoms with Gasteiger partial charge < -0.3 is 4.74 Å². The van der Waals surface area contributed by atoms with Crippen molar-refractivity contribution in [3.8, 4) is 16.9 Å². The lowest BCUT2D eigenvalue weighted by Gasteiger charge is -2.42. The Labute approximate surface area is 200 Å². The SMILES string of the molecule is CCCCCC1CCC2CC(c3ccc(-c4ccc(OCC(F)(F)F)c(F)c4)cc3)CCC2C1. The summed E-state index contributed by atoms with van der Waals surface area (Å²) >= 11 is 0. The van der Waals surface area contributed by atoms with Gasteiger partial charge in [-0.1, -0.05) is 69.4 Å². The second-order valence-corrected chi connectivity index (χ2v) is 10.4. The molecular formula is C29H36F4O. The first-order valence-corrected chi connectivity index (χ1v) is 12.9. The summed E-state index contributed by atoms with van der Waals surface area (Å²) in [6.45, 7) is 0.775. The number of rotatable bonds is 8. The minimum atomic E-state index is -4.49. The van der Waals surface area contributed by atoms with Crippen LogP contribution in [0, 0.1) is 23.6 Å². The van der Waals surface area contributed by atoms with Crippen LogP contribution in [0.4, 0.5) is 17.6 Å². The van der Waals surface area contributed by atoms with E-state index in [1.807, 2.05) is 12.1 Å². The van der Waals surface area contributed by atoms with Crippen molar-refractivity contribution in [2.75, 3.05) is 6.61 Å². The average molecular weight is 477 g/mol. The van der Waals surface area contributed by atoms with Gasteiger partial charge in [0, 0.05) is 0 Å². The van der Waals surface area contributed by atoms with E-state index in [1.54, 1.807) is 6.07 Å². The van der Waals surface area contributed by atoms with Crippen LogP contribution >= 0.6 is 0 Å². The molecule has 0 spiro atoms. The highest BCUT2D eigenvalue weighted by atomic mass is 19.4. The Morgan fingerprint density at radius 3 is 2.26 bits per heavy atom. The molecule has 0 heterocycles. The summed E-state index contributed by atoms with van der Waals surface area (Å²) in [6.07, 6.45) is 9.00. The fraction of sp³-hybridized carbons (Fsp3) is 0.586. The average Bonchev–Trinajstić information content (AvgIpc) is 2.82. The van der Waals surface area contributed by atoms with Crippen molar-refractivity contribution in [2.24, 2.45) is 17.8 Å². The molecule has 0 amide bonds. The molecule has 4 atom stereocenters. The van der Waals surface area contributed by atoms with Crippen molar-refractivity contribution in [3.63, 3.8) is 0 Å². The summed E-state index contributed by atoms with van der Waals surface area (Å²) in [6, 6.07) is 12.4. The van der Waals surface area contributed by atoms with E-state index in [1.165, 1.54) is 81.9 Å². The van der Waals surface area contributed by atoms with Crippen LogP contribution in [0.15, 0.2) is 42.5 Å². The molecule has 2 fully saturated rings. The highest BCUT2D eigenvalue weighted by molar-refractivity contribution is 5.64. The van der Waals surface area contributed by atoms with Crippen LogP contribution in [0.1, 0.15) is 82.6 Å². The minimum Gasteiger partial charge on any atom is -0.481 e. The second kappa shape index (κ2) is 11.1. The van der Waals surface area contributed by atoms with E-state index >= 15 is 0 Å². The molecule has 5 heteroatoms. The normalized spacial score (nSPS) is 25.1. The second-order valence-electron chi connectivity index (χ2n) is 10.4. The van der Waals surface area contributed by atoms with E-state index in [-0.39, 0.29) is 5.75 Å². The molecule has 0 bridgehead atoms. The third-order valence-corrected chi connectivity index (χ3v) is 7.98. The molecule has 2 aromatic carbocycles. The Morgan fingerprint density at radius 1 is 0.853 bits per heavy atom. The summed E-state index contributed by atoms with van der Waals surface area (Å²) in [4.78, 5) is 0. The van der Waals surface area contributed by atoms with Crippen molar-refractivity contribution < 1.29 is 22.3 Å². The zero-order valence-corrected chi connectivity index (χ0v) is 20.0.